The molecule has 0 aliphatic heterocycles. The predicted molar refractivity (Wildman–Crippen MR) is 172 cm³/mol. The van der Waals surface area contributed by atoms with E-state index < -0.39 is 11.9 Å². The number of carbonyl (C=O) groups is 2. The van der Waals surface area contributed by atoms with Crippen LogP contribution in [0, 0.1) is 0 Å². The van der Waals surface area contributed by atoms with Crippen molar-refractivity contribution >= 4 is 39.8 Å². The van der Waals surface area contributed by atoms with E-state index in [1.807, 2.05) is 72.8 Å². The van der Waals surface area contributed by atoms with Crippen LogP contribution in [0.4, 0.5) is 17.1 Å². The third-order valence-corrected chi connectivity index (χ3v) is 6.75. The average Bonchev–Trinajstić information content (AvgIpc) is 3.05. The standard InChI is InChI=1S/C37H31NO5/c1-4-25-41-30-19-15-28(16-20-30)38(29-17-21-31(22-18-29)42-36(39)5-2)27-13-11-26(12-14-27)32-23-24-35(43-37(40)6-3)34-10-8-7-9-33(32)34/h5-24H,2-4,25H2,1H3. The number of fused-ring (bicyclic) bond motifs is 1. The van der Waals surface area contributed by atoms with Crippen molar-refractivity contribution in [2.24, 2.45) is 0 Å². The monoisotopic (exact) mass is 569 g/mol. The van der Waals surface area contributed by atoms with Crippen molar-refractivity contribution in [2.75, 3.05) is 11.5 Å². The highest BCUT2D eigenvalue weighted by Gasteiger charge is 2.15. The highest BCUT2D eigenvalue weighted by atomic mass is 16.5. The van der Waals surface area contributed by atoms with Crippen LogP contribution in [-0.2, 0) is 9.59 Å². The summed E-state index contributed by atoms with van der Waals surface area (Å²) in [5.41, 5.74) is 4.77. The van der Waals surface area contributed by atoms with Crippen LogP contribution in [0.2, 0.25) is 0 Å². The molecule has 0 aliphatic carbocycles. The molecule has 0 amide bonds. The summed E-state index contributed by atoms with van der Waals surface area (Å²) in [6.07, 6.45) is 3.22. The lowest BCUT2D eigenvalue weighted by Gasteiger charge is -2.26. The minimum atomic E-state index is -0.512. The van der Waals surface area contributed by atoms with Crippen LogP contribution in [0.1, 0.15) is 13.3 Å². The summed E-state index contributed by atoms with van der Waals surface area (Å²) in [6, 6.07) is 35.1. The fourth-order valence-electron chi connectivity index (χ4n) is 4.73. The molecule has 5 rings (SSSR count). The third kappa shape index (κ3) is 6.66. The molecule has 214 valence electrons. The van der Waals surface area contributed by atoms with Gasteiger partial charge in [0.15, 0.2) is 0 Å². The maximum absolute atomic E-state index is 11.9. The second-order valence-corrected chi connectivity index (χ2v) is 9.63. The maximum atomic E-state index is 11.9. The van der Waals surface area contributed by atoms with Crippen molar-refractivity contribution in [2.45, 2.75) is 13.3 Å². The van der Waals surface area contributed by atoms with E-state index in [1.54, 1.807) is 12.1 Å². The Bertz CT molecular complexity index is 1760. The second kappa shape index (κ2) is 13.4. The Morgan fingerprint density at radius 2 is 1.19 bits per heavy atom. The minimum Gasteiger partial charge on any atom is -0.494 e. The zero-order chi connectivity index (χ0) is 30.2. The number of benzene rings is 5. The molecule has 0 heterocycles. The van der Waals surface area contributed by atoms with Crippen LogP contribution < -0.4 is 19.1 Å². The van der Waals surface area contributed by atoms with Crippen molar-refractivity contribution in [3.05, 3.63) is 135 Å². The van der Waals surface area contributed by atoms with Gasteiger partial charge in [0, 0.05) is 34.6 Å². The molecule has 0 saturated heterocycles. The molecule has 0 radical (unpaired) electrons. The normalized spacial score (nSPS) is 10.5. The largest absolute Gasteiger partial charge is 0.494 e. The van der Waals surface area contributed by atoms with E-state index in [-0.39, 0.29) is 0 Å². The van der Waals surface area contributed by atoms with Gasteiger partial charge in [-0.3, -0.25) is 0 Å². The molecule has 0 spiro atoms. The average molecular weight is 570 g/mol. The smallest absolute Gasteiger partial charge is 0.335 e. The summed E-state index contributed by atoms with van der Waals surface area (Å²) < 4.78 is 16.5. The molecule has 0 aromatic heterocycles. The molecule has 0 aliphatic rings. The van der Waals surface area contributed by atoms with E-state index in [9.17, 15) is 9.59 Å². The summed E-state index contributed by atoms with van der Waals surface area (Å²) in [4.78, 5) is 25.7. The second-order valence-electron chi connectivity index (χ2n) is 9.63. The maximum Gasteiger partial charge on any atom is 0.335 e. The van der Waals surface area contributed by atoms with Crippen LogP contribution in [-0.4, -0.2) is 18.5 Å². The number of hydrogen-bond donors (Lipinski definition) is 0. The van der Waals surface area contributed by atoms with Crippen molar-refractivity contribution in [3.63, 3.8) is 0 Å². The predicted octanol–water partition coefficient (Wildman–Crippen LogP) is 8.95. The molecule has 0 saturated carbocycles. The van der Waals surface area contributed by atoms with Gasteiger partial charge in [-0.15, -0.1) is 0 Å². The first-order chi connectivity index (χ1) is 21.0. The van der Waals surface area contributed by atoms with Crippen molar-refractivity contribution in [1.82, 2.24) is 0 Å². The molecular weight excluding hydrogens is 538 g/mol. The van der Waals surface area contributed by atoms with E-state index in [1.165, 1.54) is 0 Å². The number of anilines is 3. The lowest BCUT2D eigenvalue weighted by molar-refractivity contribution is -0.129. The molecule has 0 fully saturated rings. The number of rotatable bonds is 11. The molecule has 5 aromatic rings. The van der Waals surface area contributed by atoms with Crippen LogP contribution in [0.15, 0.2) is 135 Å². The number of carbonyl (C=O) groups excluding carboxylic acids is 2. The Kier molecular flexibility index (Phi) is 8.98. The SMILES string of the molecule is C=CC(=O)Oc1ccc(N(c2ccc(OCCC)cc2)c2ccc(-c3ccc(OC(=O)C=C)c4ccccc34)cc2)cc1. The zero-order valence-corrected chi connectivity index (χ0v) is 23.9. The van der Waals surface area contributed by atoms with Crippen molar-refractivity contribution in [3.8, 4) is 28.4 Å². The Morgan fingerprint density at radius 3 is 1.77 bits per heavy atom. The van der Waals surface area contributed by atoms with Crippen LogP contribution in [0.5, 0.6) is 17.2 Å². The van der Waals surface area contributed by atoms with Gasteiger partial charge in [-0.1, -0.05) is 62.5 Å². The van der Waals surface area contributed by atoms with Gasteiger partial charge in [0.05, 0.1) is 6.61 Å². The fraction of sp³-hybridized carbons (Fsp3) is 0.0811. The molecule has 43 heavy (non-hydrogen) atoms. The number of ether oxygens (including phenoxy) is 3. The first-order valence-electron chi connectivity index (χ1n) is 13.9. The van der Waals surface area contributed by atoms with Gasteiger partial charge in [0.2, 0.25) is 0 Å². The summed E-state index contributed by atoms with van der Waals surface area (Å²) in [6.45, 7) is 9.68. The number of hydrogen-bond acceptors (Lipinski definition) is 6. The van der Waals surface area contributed by atoms with Gasteiger partial charge in [0.25, 0.3) is 0 Å². The summed E-state index contributed by atoms with van der Waals surface area (Å²) in [5.74, 6) is 0.713. The quantitative estimate of drug-likeness (QED) is 0.0899. The highest BCUT2D eigenvalue weighted by Crippen LogP contribution is 2.39. The molecule has 0 atom stereocenters. The summed E-state index contributed by atoms with van der Waals surface area (Å²) in [5, 5.41) is 1.80. The number of esters is 2. The van der Waals surface area contributed by atoms with Crippen molar-refractivity contribution in [1.29, 1.82) is 0 Å². The molecule has 0 N–H and O–H groups in total. The van der Waals surface area contributed by atoms with Gasteiger partial charge in [-0.2, -0.15) is 0 Å². The highest BCUT2D eigenvalue weighted by molar-refractivity contribution is 6.01. The van der Waals surface area contributed by atoms with E-state index in [4.69, 9.17) is 14.2 Å². The van der Waals surface area contributed by atoms with Gasteiger partial charge in [-0.25, -0.2) is 9.59 Å². The van der Waals surface area contributed by atoms with Crippen molar-refractivity contribution < 1.29 is 23.8 Å². The fourth-order valence-corrected chi connectivity index (χ4v) is 4.73. The third-order valence-electron chi connectivity index (χ3n) is 6.75. The Balaban J connectivity index is 1.52. The topological polar surface area (TPSA) is 65.1 Å². The Labute approximate surface area is 251 Å². The summed E-state index contributed by atoms with van der Waals surface area (Å²) >= 11 is 0. The molecule has 0 unspecified atom stereocenters. The van der Waals surface area contributed by atoms with E-state index in [0.29, 0.717) is 18.1 Å². The molecule has 5 aromatic carbocycles. The molecule has 0 bridgehead atoms. The Morgan fingerprint density at radius 1 is 0.651 bits per heavy atom. The van der Waals surface area contributed by atoms with Gasteiger partial charge >= 0.3 is 11.9 Å². The summed E-state index contributed by atoms with van der Waals surface area (Å²) in [7, 11) is 0. The minimum absolute atomic E-state index is 0.432. The number of nitrogens with zero attached hydrogens (tertiary/aromatic N) is 1. The first-order valence-corrected chi connectivity index (χ1v) is 13.9. The van der Waals surface area contributed by atoms with Gasteiger partial charge in [0.1, 0.15) is 17.2 Å². The van der Waals surface area contributed by atoms with Gasteiger partial charge in [-0.05, 0) is 89.7 Å². The lowest BCUT2D eigenvalue weighted by Crippen LogP contribution is -2.10. The van der Waals surface area contributed by atoms with Gasteiger partial charge < -0.3 is 19.1 Å². The Hall–Kier alpha value is -5.62. The van der Waals surface area contributed by atoms with Crippen LogP contribution in [0.25, 0.3) is 21.9 Å². The van der Waals surface area contributed by atoms with E-state index in [0.717, 1.165) is 63.3 Å². The molecule has 6 heteroatoms. The van der Waals surface area contributed by atoms with Crippen LogP contribution in [0.3, 0.4) is 0 Å². The van der Waals surface area contributed by atoms with E-state index >= 15 is 0 Å². The molecular formula is C37H31NO5. The molecule has 6 nitrogen and oxygen atoms in total. The lowest BCUT2D eigenvalue weighted by atomic mass is 9.97. The van der Waals surface area contributed by atoms with E-state index in [2.05, 4.69) is 49.2 Å². The van der Waals surface area contributed by atoms with Crippen LogP contribution >= 0.6 is 0 Å². The first kappa shape index (κ1) is 28.9. The zero-order valence-electron chi connectivity index (χ0n) is 23.9.